The number of aryl methyl sites for hydroxylation is 1. The summed E-state index contributed by atoms with van der Waals surface area (Å²) in [7, 11) is 1.62. The standard InChI is InChI=1S/C15H13NO/c1-11-4-3-5-13(8-11)14-7-6-12(10-16)9-15(14)17-2/h3-9H,1-2H3. The lowest BCUT2D eigenvalue weighted by Gasteiger charge is -2.09. The van der Waals surface area contributed by atoms with Crippen LogP contribution in [0.4, 0.5) is 0 Å². The lowest BCUT2D eigenvalue weighted by molar-refractivity contribution is 0.416. The topological polar surface area (TPSA) is 33.0 Å². The Balaban J connectivity index is 2.56. The van der Waals surface area contributed by atoms with E-state index in [9.17, 15) is 0 Å². The molecule has 84 valence electrons. The number of nitrogens with zero attached hydrogens (tertiary/aromatic N) is 1. The second kappa shape index (κ2) is 4.71. The van der Waals surface area contributed by atoms with Crippen LogP contribution in [-0.4, -0.2) is 7.11 Å². The van der Waals surface area contributed by atoms with Crippen LogP contribution in [0.2, 0.25) is 0 Å². The van der Waals surface area contributed by atoms with Crippen LogP contribution in [0.1, 0.15) is 11.1 Å². The highest BCUT2D eigenvalue weighted by molar-refractivity contribution is 5.72. The molecule has 0 saturated heterocycles. The Morgan fingerprint density at radius 1 is 1.12 bits per heavy atom. The predicted octanol–water partition coefficient (Wildman–Crippen LogP) is 3.54. The van der Waals surface area contributed by atoms with Gasteiger partial charge in [0, 0.05) is 5.56 Å². The summed E-state index contributed by atoms with van der Waals surface area (Å²) < 4.78 is 5.33. The van der Waals surface area contributed by atoms with E-state index in [0.29, 0.717) is 5.56 Å². The number of hydrogen-bond donors (Lipinski definition) is 0. The first-order valence-corrected chi connectivity index (χ1v) is 5.40. The summed E-state index contributed by atoms with van der Waals surface area (Å²) >= 11 is 0. The molecule has 0 radical (unpaired) electrons. The van der Waals surface area contributed by atoms with E-state index in [1.54, 1.807) is 19.2 Å². The van der Waals surface area contributed by atoms with Gasteiger partial charge in [0.05, 0.1) is 18.7 Å². The Kier molecular flexibility index (Phi) is 3.11. The average molecular weight is 223 g/mol. The Labute approximate surface area is 101 Å². The van der Waals surface area contributed by atoms with E-state index in [2.05, 4.69) is 25.1 Å². The third-order valence-electron chi connectivity index (χ3n) is 2.66. The molecule has 17 heavy (non-hydrogen) atoms. The van der Waals surface area contributed by atoms with Gasteiger partial charge in [0.25, 0.3) is 0 Å². The number of ether oxygens (including phenoxy) is 1. The minimum atomic E-state index is 0.609. The van der Waals surface area contributed by atoms with Crippen molar-refractivity contribution in [2.75, 3.05) is 7.11 Å². The third kappa shape index (κ3) is 2.29. The normalized spacial score (nSPS) is 9.71. The SMILES string of the molecule is COc1cc(C#N)ccc1-c1cccc(C)c1. The predicted molar refractivity (Wildman–Crippen MR) is 67.9 cm³/mol. The maximum absolute atomic E-state index is 8.86. The molecule has 2 nitrogen and oxygen atoms in total. The molecule has 0 fully saturated rings. The largest absolute Gasteiger partial charge is 0.496 e. The van der Waals surface area contributed by atoms with E-state index >= 15 is 0 Å². The van der Waals surface area contributed by atoms with Gasteiger partial charge in [-0.1, -0.05) is 29.8 Å². The molecule has 0 heterocycles. The minimum absolute atomic E-state index is 0.609. The monoisotopic (exact) mass is 223 g/mol. The smallest absolute Gasteiger partial charge is 0.128 e. The maximum Gasteiger partial charge on any atom is 0.128 e. The highest BCUT2D eigenvalue weighted by Gasteiger charge is 2.06. The quantitative estimate of drug-likeness (QED) is 0.780. The molecule has 0 aliphatic carbocycles. The van der Waals surface area contributed by atoms with Crippen LogP contribution in [0, 0.1) is 18.3 Å². The van der Waals surface area contributed by atoms with Crippen molar-refractivity contribution in [3.8, 4) is 22.9 Å². The number of benzene rings is 2. The van der Waals surface area contributed by atoms with Gasteiger partial charge >= 0.3 is 0 Å². The number of nitriles is 1. The fraction of sp³-hybridized carbons (Fsp3) is 0.133. The Hall–Kier alpha value is -2.27. The van der Waals surface area contributed by atoms with Crippen LogP contribution in [-0.2, 0) is 0 Å². The van der Waals surface area contributed by atoms with E-state index in [4.69, 9.17) is 10.00 Å². The number of rotatable bonds is 2. The second-order valence-electron chi connectivity index (χ2n) is 3.90. The van der Waals surface area contributed by atoms with Crippen molar-refractivity contribution in [3.05, 3.63) is 53.6 Å². The average Bonchev–Trinajstić information content (AvgIpc) is 2.38. The lowest BCUT2D eigenvalue weighted by Crippen LogP contribution is -1.89. The molecule has 0 aromatic heterocycles. The van der Waals surface area contributed by atoms with Crippen molar-refractivity contribution in [3.63, 3.8) is 0 Å². The van der Waals surface area contributed by atoms with Crippen molar-refractivity contribution >= 4 is 0 Å². The summed E-state index contributed by atoms with van der Waals surface area (Å²) in [5, 5.41) is 8.86. The molecule has 2 rings (SSSR count). The first kappa shape index (κ1) is 11.2. The van der Waals surface area contributed by atoms with Gasteiger partial charge in [-0.15, -0.1) is 0 Å². The Bertz CT molecular complexity index is 582. The van der Waals surface area contributed by atoms with Gasteiger partial charge in [-0.25, -0.2) is 0 Å². The molecule has 0 aliphatic rings. The van der Waals surface area contributed by atoms with Crippen LogP contribution in [0.3, 0.4) is 0 Å². The van der Waals surface area contributed by atoms with Crippen LogP contribution in [0.25, 0.3) is 11.1 Å². The lowest BCUT2D eigenvalue weighted by atomic mass is 10.0. The van der Waals surface area contributed by atoms with Crippen molar-refractivity contribution in [1.29, 1.82) is 5.26 Å². The van der Waals surface area contributed by atoms with E-state index in [0.717, 1.165) is 16.9 Å². The van der Waals surface area contributed by atoms with E-state index in [-0.39, 0.29) is 0 Å². The molecule has 0 aliphatic heterocycles. The zero-order valence-corrected chi connectivity index (χ0v) is 9.90. The highest BCUT2D eigenvalue weighted by Crippen LogP contribution is 2.31. The molecule has 0 N–H and O–H groups in total. The fourth-order valence-corrected chi connectivity index (χ4v) is 1.81. The zero-order chi connectivity index (χ0) is 12.3. The van der Waals surface area contributed by atoms with E-state index < -0.39 is 0 Å². The molecule has 0 atom stereocenters. The first-order chi connectivity index (χ1) is 8.24. The molecule has 2 aromatic carbocycles. The summed E-state index contributed by atoms with van der Waals surface area (Å²) in [5.74, 6) is 0.731. The molecule has 0 bridgehead atoms. The van der Waals surface area contributed by atoms with Gasteiger partial charge in [0.2, 0.25) is 0 Å². The summed E-state index contributed by atoms with van der Waals surface area (Å²) in [5.41, 5.74) is 3.92. The Morgan fingerprint density at radius 2 is 1.94 bits per heavy atom. The molecule has 0 saturated carbocycles. The van der Waals surface area contributed by atoms with Gasteiger partial charge in [0.1, 0.15) is 5.75 Å². The van der Waals surface area contributed by atoms with Crippen LogP contribution in [0.15, 0.2) is 42.5 Å². The second-order valence-corrected chi connectivity index (χ2v) is 3.90. The molecule has 0 spiro atoms. The highest BCUT2D eigenvalue weighted by atomic mass is 16.5. The molecular formula is C15H13NO. The maximum atomic E-state index is 8.86. The number of methoxy groups -OCH3 is 1. The molecule has 2 aromatic rings. The first-order valence-electron chi connectivity index (χ1n) is 5.40. The van der Waals surface area contributed by atoms with Gasteiger partial charge in [-0.05, 0) is 30.7 Å². The summed E-state index contributed by atoms with van der Waals surface area (Å²) in [6.07, 6.45) is 0. The van der Waals surface area contributed by atoms with Gasteiger partial charge < -0.3 is 4.74 Å². The van der Waals surface area contributed by atoms with Crippen LogP contribution < -0.4 is 4.74 Å². The van der Waals surface area contributed by atoms with Crippen molar-refractivity contribution in [1.82, 2.24) is 0 Å². The minimum Gasteiger partial charge on any atom is -0.496 e. The summed E-state index contributed by atoms with van der Waals surface area (Å²) in [6, 6.07) is 15.8. The van der Waals surface area contributed by atoms with Gasteiger partial charge in [-0.3, -0.25) is 0 Å². The summed E-state index contributed by atoms with van der Waals surface area (Å²) in [4.78, 5) is 0. The fourth-order valence-electron chi connectivity index (χ4n) is 1.81. The van der Waals surface area contributed by atoms with Gasteiger partial charge in [0.15, 0.2) is 0 Å². The molecule has 2 heteroatoms. The third-order valence-corrected chi connectivity index (χ3v) is 2.66. The molecule has 0 amide bonds. The zero-order valence-electron chi connectivity index (χ0n) is 9.90. The van der Waals surface area contributed by atoms with Crippen LogP contribution >= 0.6 is 0 Å². The molecular weight excluding hydrogens is 210 g/mol. The summed E-state index contributed by atoms with van der Waals surface area (Å²) in [6.45, 7) is 2.06. The van der Waals surface area contributed by atoms with Crippen molar-refractivity contribution < 1.29 is 4.74 Å². The van der Waals surface area contributed by atoms with Crippen molar-refractivity contribution in [2.24, 2.45) is 0 Å². The van der Waals surface area contributed by atoms with Crippen molar-refractivity contribution in [2.45, 2.75) is 6.92 Å². The van der Waals surface area contributed by atoms with E-state index in [1.165, 1.54) is 5.56 Å². The Morgan fingerprint density at radius 3 is 2.59 bits per heavy atom. The van der Waals surface area contributed by atoms with E-state index in [1.807, 2.05) is 18.2 Å². The van der Waals surface area contributed by atoms with Crippen LogP contribution in [0.5, 0.6) is 5.75 Å². The molecule has 0 unspecified atom stereocenters. The number of hydrogen-bond acceptors (Lipinski definition) is 2. The van der Waals surface area contributed by atoms with Gasteiger partial charge in [-0.2, -0.15) is 5.26 Å².